The molecule has 0 saturated heterocycles. The maximum atomic E-state index is 6.06. The van der Waals surface area contributed by atoms with Crippen LogP contribution >= 0.6 is 24.0 Å². The highest BCUT2D eigenvalue weighted by Crippen LogP contribution is 2.48. The molecule has 4 nitrogen and oxygen atoms in total. The molecule has 0 spiro atoms. The largest absolute Gasteiger partial charge is 0.378 e. The van der Waals surface area contributed by atoms with Gasteiger partial charge in [0.1, 0.15) is 0 Å². The van der Waals surface area contributed by atoms with Crippen LogP contribution in [0.1, 0.15) is 59.3 Å². The Hall–Kier alpha value is -0.0400. The van der Waals surface area contributed by atoms with Crippen LogP contribution in [-0.4, -0.2) is 31.3 Å². The number of nitrogens with two attached hydrogens (primary N) is 1. The molecule has 2 rings (SSSR count). The molecule has 0 amide bonds. The van der Waals surface area contributed by atoms with Crippen molar-refractivity contribution in [3.63, 3.8) is 0 Å². The molecule has 2 aliphatic rings. The lowest BCUT2D eigenvalue weighted by Gasteiger charge is -2.55. The normalized spacial score (nSPS) is 28.2. The highest BCUT2D eigenvalue weighted by molar-refractivity contribution is 14.0. The minimum atomic E-state index is 0. The Kier molecular flexibility index (Phi) is 7.74. The van der Waals surface area contributed by atoms with Crippen LogP contribution in [0, 0.1) is 11.3 Å². The van der Waals surface area contributed by atoms with Crippen molar-refractivity contribution in [1.82, 2.24) is 5.32 Å². The van der Waals surface area contributed by atoms with Gasteiger partial charge in [-0.2, -0.15) is 0 Å². The van der Waals surface area contributed by atoms with Crippen LogP contribution in [0.15, 0.2) is 4.99 Å². The Labute approximate surface area is 146 Å². The van der Waals surface area contributed by atoms with Gasteiger partial charge in [-0.1, -0.05) is 20.3 Å². The SMILES string of the molecule is CCOC1CC(NC(N)=NCC2CCC2)C1(CC)CC.I. The monoisotopic (exact) mass is 409 g/mol. The van der Waals surface area contributed by atoms with Crippen molar-refractivity contribution in [2.24, 2.45) is 22.1 Å². The van der Waals surface area contributed by atoms with E-state index in [1.54, 1.807) is 0 Å². The molecule has 0 aromatic rings. The first-order valence-corrected chi connectivity index (χ1v) is 8.34. The lowest BCUT2D eigenvalue weighted by molar-refractivity contribution is -0.133. The smallest absolute Gasteiger partial charge is 0.188 e. The highest BCUT2D eigenvalue weighted by atomic mass is 127. The summed E-state index contributed by atoms with van der Waals surface area (Å²) in [6.45, 7) is 8.28. The van der Waals surface area contributed by atoms with Gasteiger partial charge in [0.15, 0.2) is 5.96 Å². The van der Waals surface area contributed by atoms with Crippen LogP contribution in [0.5, 0.6) is 0 Å². The van der Waals surface area contributed by atoms with Crippen molar-refractivity contribution in [2.45, 2.75) is 71.4 Å². The molecule has 2 aliphatic carbocycles. The molecule has 0 radical (unpaired) electrons. The van der Waals surface area contributed by atoms with E-state index in [1.165, 1.54) is 19.3 Å². The van der Waals surface area contributed by atoms with E-state index in [1.807, 2.05) is 0 Å². The molecule has 0 aromatic carbocycles. The summed E-state index contributed by atoms with van der Waals surface area (Å²) in [4.78, 5) is 4.52. The Balaban J connectivity index is 0.00000220. The number of halogens is 1. The first kappa shape index (κ1) is 19.0. The number of guanidine groups is 1. The van der Waals surface area contributed by atoms with Crippen molar-refractivity contribution >= 4 is 29.9 Å². The number of aliphatic imine (C=N–C) groups is 1. The standard InChI is InChI=1S/C16H31N3O.HI/c1-4-16(5-2)13(10-14(16)20-6-3)19-15(17)18-11-12-8-7-9-12;/h12-14H,4-11H2,1-3H3,(H3,17,18,19);1H. The summed E-state index contributed by atoms with van der Waals surface area (Å²) in [5.41, 5.74) is 6.29. The highest BCUT2D eigenvalue weighted by Gasteiger charge is 2.53. The number of nitrogens with one attached hydrogen (secondary N) is 1. The second-order valence-electron chi connectivity index (χ2n) is 6.34. The van der Waals surface area contributed by atoms with E-state index < -0.39 is 0 Å². The predicted octanol–water partition coefficient (Wildman–Crippen LogP) is 3.29. The Morgan fingerprint density at radius 1 is 1.29 bits per heavy atom. The van der Waals surface area contributed by atoms with Crippen LogP contribution < -0.4 is 11.1 Å². The summed E-state index contributed by atoms with van der Waals surface area (Å²) < 4.78 is 5.89. The zero-order valence-electron chi connectivity index (χ0n) is 13.7. The minimum absolute atomic E-state index is 0. The fourth-order valence-corrected chi connectivity index (χ4v) is 3.71. The maximum absolute atomic E-state index is 6.06. The summed E-state index contributed by atoms with van der Waals surface area (Å²) in [6, 6.07) is 0.416. The van der Waals surface area contributed by atoms with Gasteiger partial charge in [-0.05, 0) is 44.9 Å². The van der Waals surface area contributed by atoms with Crippen molar-refractivity contribution < 1.29 is 4.74 Å². The van der Waals surface area contributed by atoms with E-state index >= 15 is 0 Å². The van der Waals surface area contributed by atoms with Crippen LogP contribution in [0.25, 0.3) is 0 Å². The van der Waals surface area contributed by atoms with Gasteiger partial charge in [-0.15, -0.1) is 24.0 Å². The molecule has 0 bridgehead atoms. The first-order valence-electron chi connectivity index (χ1n) is 8.34. The van der Waals surface area contributed by atoms with Crippen LogP contribution in [0.4, 0.5) is 0 Å². The average Bonchev–Trinajstić information content (AvgIpc) is 2.37. The molecular formula is C16H32IN3O. The van der Waals surface area contributed by atoms with Crippen LogP contribution in [0.3, 0.4) is 0 Å². The van der Waals surface area contributed by atoms with Gasteiger partial charge in [0.2, 0.25) is 0 Å². The number of rotatable bonds is 7. The van der Waals surface area contributed by atoms with Gasteiger partial charge < -0.3 is 15.8 Å². The summed E-state index contributed by atoms with van der Waals surface area (Å²) in [6.07, 6.45) is 7.68. The van der Waals surface area contributed by atoms with Gasteiger partial charge in [0, 0.05) is 24.6 Å². The van der Waals surface area contributed by atoms with E-state index in [-0.39, 0.29) is 29.4 Å². The molecule has 3 N–H and O–H groups in total. The molecule has 124 valence electrons. The lowest BCUT2D eigenvalue weighted by Crippen LogP contribution is -2.65. The number of ether oxygens (including phenoxy) is 1. The van der Waals surface area contributed by atoms with Crippen molar-refractivity contribution in [2.75, 3.05) is 13.2 Å². The molecule has 2 fully saturated rings. The number of hydrogen-bond donors (Lipinski definition) is 2. The van der Waals surface area contributed by atoms with E-state index in [9.17, 15) is 0 Å². The van der Waals surface area contributed by atoms with Gasteiger partial charge in [-0.3, -0.25) is 4.99 Å². The molecule has 21 heavy (non-hydrogen) atoms. The first-order chi connectivity index (χ1) is 9.66. The molecule has 0 aliphatic heterocycles. The molecule has 5 heteroatoms. The van der Waals surface area contributed by atoms with Gasteiger partial charge in [0.05, 0.1) is 6.10 Å². The zero-order chi connectivity index (χ0) is 14.6. The molecular weight excluding hydrogens is 377 g/mol. The van der Waals surface area contributed by atoms with Crippen molar-refractivity contribution in [1.29, 1.82) is 0 Å². The maximum Gasteiger partial charge on any atom is 0.188 e. The summed E-state index contributed by atoms with van der Waals surface area (Å²) >= 11 is 0. The Morgan fingerprint density at radius 3 is 2.43 bits per heavy atom. The lowest BCUT2D eigenvalue weighted by atomic mass is 9.58. The van der Waals surface area contributed by atoms with Crippen LogP contribution in [0.2, 0.25) is 0 Å². The van der Waals surface area contributed by atoms with Crippen LogP contribution in [-0.2, 0) is 4.74 Å². The average molecular weight is 409 g/mol. The molecule has 2 unspecified atom stereocenters. The Morgan fingerprint density at radius 2 is 1.95 bits per heavy atom. The van der Waals surface area contributed by atoms with Crippen molar-refractivity contribution in [3.8, 4) is 0 Å². The van der Waals surface area contributed by atoms with Gasteiger partial charge >= 0.3 is 0 Å². The van der Waals surface area contributed by atoms with Gasteiger partial charge in [0.25, 0.3) is 0 Å². The third kappa shape index (κ3) is 4.03. The third-order valence-electron chi connectivity index (χ3n) is 5.54. The predicted molar refractivity (Wildman–Crippen MR) is 99.2 cm³/mol. The zero-order valence-corrected chi connectivity index (χ0v) is 16.1. The van der Waals surface area contributed by atoms with E-state index in [0.29, 0.717) is 18.1 Å². The minimum Gasteiger partial charge on any atom is -0.378 e. The fraction of sp³-hybridized carbons (Fsp3) is 0.938. The van der Waals surface area contributed by atoms with E-state index in [0.717, 1.165) is 38.3 Å². The quantitative estimate of drug-likeness (QED) is 0.386. The Bertz CT molecular complexity index is 340. The van der Waals surface area contributed by atoms with Gasteiger partial charge in [-0.25, -0.2) is 0 Å². The topological polar surface area (TPSA) is 59.6 Å². The second-order valence-corrected chi connectivity index (χ2v) is 6.34. The van der Waals surface area contributed by atoms with Crippen molar-refractivity contribution in [3.05, 3.63) is 0 Å². The van der Waals surface area contributed by atoms with E-state index in [2.05, 4.69) is 31.1 Å². The summed E-state index contributed by atoms with van der Waals surface area (Å²) in [5.74, 6) is 1.40. The third-order valence-corrected chi connectivity index (χ3v) is 5.54. The fourth-order valence-electron chi connectivity index (χ4n) is 3.71. The number of nitrogens with zero attached hydrogens (tertiary/aromatic N) is 1. The molecule has 2 saturated carbocycles. The molecule has 2 atom stereocenters. The summed E-state index contributed by atoms with van der Waals surface area (Å²) in [5, 5.41) is 3.45. The molecule has 0 heterocycles. The second kappa shape index (κ2) is 8.56. The molecule has 0 aromatic heterocycles. The number of hydrogen-bond acceptors (Lipinski definition) is 2. The summed E-state index contributed by atoms with van der Waals surface area (Å²) in [7, 11) is 0. The van der Waals surface area contributed by atoms with E-state index in [4.69, 9.17) is 10.5 Å².